The minimum atomic E-state index is -0.863. The zero-order valence-corrected chi connectivity index (χ0v) is 13.7. The van der Waals surface area contributed by atoms with Crippen molar-refractivity contribution in [3.63, 3.8) is 0 Å². The van der Waals surface area contributed by atoms with Gasteiger partial charge in [-0.05, 0) is 40.2 Å². The molecular formula is C17H25NO4. The fourth-order valence-electron chi connectivity index (χ4n) is 1.88. The van der Waals surface area contributed by atoms with Crippen molar-refractivity contribution < 1.29 is 19.4 Å². The Morgan fingerprint density at radius 1 is 1.27 bits per heavy atom. The number of ether oxygens (including phenoxy) is 1. The van der Waals surface area contributed by atoms with E-state index in [4.69, 9.17) is 9.84 Å². The first-order chi connectivity index (χ1) is 10.2. The van der Waals surface area contributed by atoms with Crippen LogP contribution >= 0.6 is 0 Å². The topological polar surface area (TPSA) is 75.6 Å². The minimum Gasteiger partial charge on any atom is -0.491 e. The highest BCUT2D eigenvalue weighted by atomic mass is 16.5. The fourth-order valence-corrected chi connectivity index (χ4v) is 1.88. The number of hydrogen-bond acceptors (Lipinski definition) is 3. The smallest absolute Gasteiger partial charge is 0.309 e. The molecule has 1 aromatic carbocycles. The maximum atomic E-state index is 12.0. The highest BCUT2D eigenvalue weighted by Gasteiger charge is 2.26. The molecule has 0 aromatic heterocycles. The van der Waals surface area contributed by atoms with Crippen LogP contribution in [0.4, 0.5) is 0 Å². The van der Waals surface area contributed by atoms with Crippen LogP contribution in [0.5, 0.6) is 5.75 Å². The Kier molecular flexibility index (Phi) is 6.40. The second kappa shape index (κ2) is 7.82. The first kappa shape index (κ1) is 18.0. The molecule has 1 aromatic rings. The maximum absolute atomic E-state index is 12.0. The van der Waals surface area contributed by atoms with Crippen molar-refractivity contribution in [2.45, 2.75) is 46.6 Å². The first-order valence-corrected chi connectivity index (χ1v) is 7.47. The summed E-state index contributed by atoms with van der Waals surface area (Å²) >= 11 is 0. The summed E-state index contributed by atoms with van der Waals surface area (Å²) in [5, 5.41) is 11.8. The number of hydrogen-bond donors (Lipinski definition) is 2. The van der Waals surface area contributed by atoms with Crippen LogP contribution in [0.15, 0.2) is 24.3 Å². The molecule has 0 saturated carbocycles. The predicted octanol–water partition coefficient (Wildman–Crippen LogP) is 2.63. The van der Waals surface area contributed by atoms with Gasteiger partial charge in [0.25, 0.3) is 0 Å². The monoisotopic (exact) mass is 307 g/mol. The summed E-state index contributed by atoms with van der Waals surface area (Å²) in [6.07, 6.45) is 0.648. The van der Waals surface area contributed by atoms with Gasteiger partial charge in [0.15, 0.2) is 0 Å². The van der Waals surface area contributed by atoms with E-state index < -0.39 is 11.4 Å². The third-order valence-corrected chi connectivity index (χ3v) is 3.34. The Hall–Kier alpha value is -2.04. The summed E-state index contributed by atoms with van der Waals surface area (Å²) < 4.78 is 5.68. The van der Waals surface area contributed by atoms with Gasteiger partial charge in [0, 0.05) is 12.1 Å². The van der Waals surface area contributed by atoms with Crippen molar-refractivity contribution in [3.8, 4) is 5.75 Å². The van der Waals surface area contributed by atoms with Crippen LogP contribution in [0.1, 0.15) is 39.7 Å². The number of benzene rings is 1. The van der Waals surface area contributed by atoms with Gasteiger partial charge in [-0.2, -0.15) is 0 Å². The standard InChI is InChI=1S/C17H25NO4/c1-12(2)22-14-8-6-5-7-13(14)11-15(19)18-10-9-17(3,4)16(20)21/h5-8,12H,9-11H2,1-4H3,(H,18,19)(H,20,21). The molecule has 0 radical (unpaired) electrons. The molecule has 5 nitrogen and oxygen atoms in total. The number of carboxylic acids is 1. The summed E-state index contributed by atoms with van der Waals surface area (Å²) in [5.41, 5.74) is -0.0161. The second-order valence-electron chi connectivity index (χ2n) is 6.24. The average Bonchev–Trinajstić information content (AvgIpc) is 2.40. The number of para-hydroxylation sites is 1. The van der Waals surface area contributed by atoms with Gasteiger partial charge in [-0.15, -0.1) is 0 Å². The Balaban J connectivity index is 2.54. The molecule has 0 heterocycles. The Bertz CT molecular complexity index is 523. The van der Waals surface area contributed by atoms with Crippen LogP contribution in [0.25, 0.3) is 0 Å². The van der Waals surface area contributed by atoms with E-state index in [0.717, 1.165) is 5.56 Å². The van der Waals surface area contributed by atoms with Gasteiger partial charge in [-0.1, -0.05) is 18.2 Å². The predicted molar refractivity (Wildman–Crippen MR) is 85.0 cm³/mol. The van der Waals surface area contributed by atoms with Gasteiger partial charge in [0.1, 0.15) is 5.75 Å². The molecule has 2 N–H and O–H groups in total. The highest BCUT2D eigenvalue weighted by molar-refractivity contribution is 5.79. The number of nitrogens with one attached hydrogen (secondary N) is 1. The summed E-state index contributed by atoms with van der Waals surface area (Å²) in [5.74, 6) is -0.295. The lowest BCUT2D eigenvalue weighted by Crippen LogP contribution is -2.32. The first-order valence-electron chi connectivity index (χ1n) is 7.47. The van der Waals surface area contributed by atoms with Crippen molar-refractivity contribution >= 4 is 11.9 Å². The van der Waals surface area contributed by atoms with Gasteiger partial charge >= 0.3 is 5.97 Å². The molecule has 0 unspecified atom stereocenters. The molecule has 0 aliphatic carbocycles. The minimum absolute atomic E-state index is 0.0422. The molecule has 5 heteroatoms. The van der Waals surface area contributed by atoms with Crippen molar-refractivity contribution in [1.82, 2.24) is 5.32 Å². The van der Waals surface area contributed by atoms with E-state index >= 15 is 0 Å². The molecule has 1 amide bonds. The SMILES string of the molecule is CC(C)Oc1ccccc1CC(=O)NCCC(C)(C)C(=O)O. The molecule has 22 heavy (non-hydrogen) atoms. The van der Waals surface area contributed by atoms with E-state index in [1.807, 2.05) is 38.1 Å². The summed E-state index contributed by atoms with van der Waals surface area (Å²) in [6, 6.07) is 7.44. The molecular weight excluding hydrogens is 282 g/mol. The molecule has 0 spiro atoms. The molecule has 122 valence electrons. The number of carbonyl (C=O) groups excluding carboxylic acids is 1. The van der Waals surface area contributed by atoms with Crippen molar-refractivity contribution in [2.24, 2.45) is 5.41 Å². The lowest BCUT2D eigenvalue weighted by Gasteiger charge is -2.19. The summed E-state index contributed by atoms with van der Waals surface area (Å²) in [6.45, 7) is 7.50. The molecule has 0 fully saturated rings. The van der Waals surface area contributed by atoms with Gasteiger partial charge in [-0.3, -0.25) is 9.59 Å². The Morgan fingerprint density at radius 2 is 1.91 bits per heavy atom. The van der Waals surface area contributed by atoms with Crippen molar-refractivity contribution in [2.75, 3.05) is 6.54 Å². The highest BCUT2D eigenvalue weighted by Crippen LogP contribution is 2.21. The zero-order chi connectivity index (χ0) is 16.8. The lowest BCUT2D eigenvalue weighted by atomic mass is 9.90. The molecule has 0 aliphatic rings. The molecule has 0 bridgehead atoms. The van der Waals surface area contributed by atoms with Crippen molar-refractivity contribution in [1.29, 1.82) is 0 Å². The van der Waals surface area contributed by atoms with E-state index in [1.165, 1.54) is 0 Å². The second-order valence-corrected chi connectivity index (χ2v) is 6.24. The molecule has 0 aliphatic heterocycles. The van der Waals surface area contributed by atoms with Crippen LogP contribution in [0, 0.1) is 5.41 Å². The van der Waals surface area contributed by atoms with Crippen LogP contribution in [0.3, 0.4) is 0 Å². The van der Waals surface area contributed by atoms with E-state index in [0.29, 0.717) is 18.7 Å². The van der Waals surface area contributed by atoms with Crippen LogP contribution < -0.4 is 10.1 Å². The number of carboxylic acid groups (broad SMARTS) is 1. The Morgan fingerprint density at radius 3 is 2.50 bits per heavy atom. The lowest BCUT2D eigenvalue weighted by molar-refractivity contribution is -0.147. The zero-order valence-electron chi connectivity index (χ0n) is 13.7. The Labute approximate surface area is 131 Å². The largest absolute Gasteiger partial charge is 0.491 e. The number of carbonyl (C=O) groups is 2. The summed E-state index contributed by atoms with van der Waals surface area (Å²) in [4.78, 5) is 23.0. The van der Waals surface area contributed by atoms with Gasteiger partial charge in [0.05, 0.1) is 17.9 Å². The number of aliphatic carboxylic acids is 1. The average molecular weight is 307 g/mol. The van der Waals surface area contributed by atoms with Crippen LogP contribution in [-0.2, 0) is 16.0 Å². The quantitative estimate of drug-likeness (QED) is 0.774. The van der Waals surface area contributed by atoms with E-state index in [9.17, 15) is 9.59 Å². The van der Waals surface area contributed by atoms with E-state index in [2.05, 4.69) is 5.32 Å². The van der Waals surface area contributed by atoms with Gasteiger partial charge < -0.3 is 15.2 Å². The third kappa shape index (κ3) is 5.76. The molecule has 1 rings (SSSR count). The number of rotatable bonds is 8. The molecule has 0 atom stereocenters. The van der Waals surface area contributed by atoms with Gasteiger partial charge in [-0.25, -0.2) is 0 Å². The van der Waals surface area contributed by atoms with E-state index in [1.54, 1.807) is 13.8 Å². The van der Waals surface area contributed by atoms with Gasteiger partial charge in [0.2, 0.25) is 5.91 Å². The van der Waals surface area contributed by atoms with Crippen LogP contribution in [-0.4, -0.2) is 29.6 Å². The van der Waals surface area contributed by atoms with Crippen LogP contribution in [0.2, 0.25) is 0 Å². The fraction of sp³-hybridized carbons (Fsp3) is 0.529. The van der Waals surface area contributed by atoms with E-state index in [-0.39, 0.29) is 18.4 Å². The normalized spacial score (nSPS) is 11.3. The summed E-state index contributed by atoms with van der Waals surface area (Å²) in [7, 11) is 0. The number of amides is 1. The molecule has 0 saturated heterocycles. The third-order valence-electron chi connectivity index (χ3n) is 3.34. The van der Waals surface area contributed by atoms with Crippen molar-refractivity contribution in [3.05, 3.63) is 29.8 Å². The maximum Gasteiger partial charge on any atom is 0.309 e.